The molecule has 0 spiro atoms. The highest BCUT2D eigenvalue weighted by atomic mass is 16.5. The van der Waals surface area contributed by atoms with Crippen LogP contribution in [0.25, 0.3) is 0 Å². The summed E-state index contributed by atoms with van der Waals surface area (Å²) in [6, 6.07) is 0. The van der Waals surface area contributed by atoms with E-state index in [0.29, 0.717) is 42.3 Å². The molecule has 4 aliphatic rings. The number of aryl methyl sites for hydroxylation is 1. The van der Waals surface area contributed by atoms with E-state index in [1.54, 1.807) is 6.92 Å². The Kier molecular flexibility index (Phi) is 10.2. The Hall–Kier alpha value is -2.29. The van der Waals surface area contributed by atoms with Crippen LogP contribution in [0.2, 0.25) is 0 Å². The molecule has 0 aliphatic heterocycles. The molecule has 0 saturated heterocycles. The van der Waals surface area contributed by atoms with E-state index in [9.17, 15) is 20.1 Å². The van der Waals surface area contributed by atoms with Gasteiger partial charge < -0.3 is 24.6 Å². The van der Waals surface area contributed by atoms with Crippen molar-refractivity contribution in [1.29, 1.82) is 0 Å². The molecular formula is C36H54N2O6. The zero-order chi connectivity index (χ0) is 31.6. The predicted octanol–water partition coefficient (Wildman–Crippen LogP) is 6.15. The summed E-state index contributed by atoms with van der Waals surface area (Å²) in [4.78, 5) is 17.6. The molecular weight excluding hydrogens is 556 g/mol. The molecule has 0 radical (unpaired) electrons. The van der Waals surface area contributed by atoms with Gasteiger partial charge in [0, 0.05) is 12.8 Å². The van der Waals surface area contributed by atoms with E-state index in [2.05, 4.69) is 44.7 Å². The van der Waals surface area contributed by atoms with Gasteiger partial charge in [-0.15, -0.1) is 0 Å². The lowest BCUT2D eigenvalue weighted by molar-refractivity contribution is -0.157. The van der Waals surface area contributed by atoms with Crippen LogP contribution in [0.1, 0.15) is 116 Å². The van der Waals surface area contributed by atoms with Gasteiger partial charge in [0.1, 0.15) is 6.10 Å². The van der Waals surface area contributed by atoms with Crippen molar-refractivity contribution in [2.24, 2.45) is 29.1 Å². The first-order valence-electron chi connectivity index (χ1n) is 17.1. The number of hydrogen-bond donors (Lipinski definition) is 3. The number of aliphatic hydroxyl groups excluding tert-OH is 3. The van der Waals surface area contributed by atoms with Crippen LogP contribution >= 0.6 is 0 Å². The fourth-order valence-electron chi connectivity index (χ4n) is 8.66. The first-order valence-corrected chi connectivity index (χ1v) is 17.1. The van der Waals surface area contributed by atoms with Crippen LogP contribution in [0, 0.1) is 29.1 Å². The van der Waals surface area contributed by atoms with E-state index in [4.69, 9.17) is 14.2 Å². The number of ether oxygens (including phenoxy) is 1. The van der Waals surface area contributed by atoms with Gasteiger partial charge in [-0.25, -0.2) is 0 Å². The van der Waals surface area contributed by atoms with Gasteiger partial charge in [0.25, 0.3) is 0 Å². The van der Waals surface area contributed by atoms with Crippen LogP contribution in [0.4, 0.5) is 0 Å². The standard InChI is InChI=1S/C36H54N2O6/c1-6-8-32-37-34(44-38-32)36(17-18-36)31(43-33(42)23(3)21-39)15-10-22(2)28-13-14-29-25(9-7-16-35(28,29)5)11-12-26-19-27(40)20-30(41)24(26)4/h11-12,22-23,27-31,39-41H,4,6-10,13-21H2,1-3,5H3/b25-11+,26-12-/t22-,23?,27-,28-,29+,30+,31+,35-/m1/s1. The van der Waals surface area contributed by atoms with E-state index < -0.39 is 23.5 Å². The van der Waals surface area contributed by atoms with Crippen molar-refractivity contribution >= 4 is 5.97 Å². The molecule has 1 unspecified atom stereocenters. The molecule has 0 amide bonds. The Morgan fingerprint density at radius 3 is 2.66 bits per heavy atom. The summed E-state index contributed by atoms with van der Waals surface area (Å²) in [5, 5.41) is 34.3. The van der Waals surface area contributed by atoms with Crippen LogP contribution in [-0.2, 0) is 21.4 Å². The lowest BCUT2D eigenvalue weighted by Gasteiger charge is -2.44. The Morgan fingerprint density at radius 1 is 1.18 bits per heavy atom. The minimum absolute atomic E-state index is 0.209. The Labute approximate surface area is 263 Å². The summed E-state index contributed by atoms with van der Waals surface area (Å²) in [6.45, 7) is 12.5. The maximum atomic E-state index is 12.9. The first kappa shape index (κ1) is 33.1. The fraction of sp³-hybridized carbons (Fsp3) is 0.750. The highest BCUT2D eigenvalue weighted by Crippen LogP contribution is 2.60. The molecule has 4 aliphatic carbocycles. The van der Waals surface area contributed by atoms with Gasteiger partial charge >= 0.3 is 5.97 Å². The Balaban J connectivity index is 1.29. The summed E-state index contributed by atoms with van der Waals surface area (Å²) in [6.07, 6.45) is 14.7. The zero-order valence-corrected chi connectivity index (χ0v) is 27.3. The fourth-order valence-corrected chi connectivity index (χ4v) is 8.66. The molecule has 1 aromatic rings. The topological polar surface area (TPSA) is 126 Å². The summed E-state index contributed by atoms with van der Waals surface area (Å²) in [5.41, 5.74) is 2.98. The second-order valence-corrected chi connectivity index (χ2v) is 14.6. The third kappa shape index (κ3) is 6.63. The molecule has 1 aromatic heterocycles. The maximum absolute atomic E-state index is 12.9. The van der Waals surface area contributed by atoms with Crippen molar-refractivity contribution in [3.63, 3.8) is 0 Å². The van der Waals surface area contributed by atoms with Crippen molar-refractivity contribution < 1.29 is 29.4 Å². The minimum atomic E-state index is -0.667. The van der Waals surface area contributed by atoms with Crippen molar-refractivity contribution in [2.75, 3.05) is 6.61 Å². The van der Waals surface area contributed by atoms with E-state index in [-0.39, 0.29) is 24.1 Å². The van der Waals surface area contributed by atoms with Crippen LogP contribution in [-0.4, -0.2) is 56.3 Å². The SMILES string of the molecule is C=C1/C(=C\C=C2/CCC[C@]3(C)[C@@H]([C@H](C)CC[C@H](OC(=O)C(C)CO)C4(c5nc(CCC)no5)CC4)CC[C@@H]23)C[C@@H](O)C[C@@H]1O. The largest absolute Gasteiger partial charge is 0.461 e. The molecule has 4 saturated carbocycles. The molecule has 8 atom stereocenters. The lowest BCUT2D eigenvalue weighted by atomic mass is 9.60. The van der Waals surface area contributed by atoms with Crippen LogP contribution in [0.5, 0.6) is 0 Å². The highest BCUT2D eigenvalue weighted by molar-refractivity contribution is 5.72. The second-order valence-electron chi connectivity index (χ2n) is 14.6. The number of carbonyl (C=O) groups is 1. The molecule has 8 heteroatoms. The Bertz CT molecular complexity index is 1250. The molecule has 5 rings (SSSR count). The number of nitrogens with zero attached hydrogens (tertiary/aromatic N) is 2. The number of fused-ring (bicyclic) bond motifs is 1. The molecule has 4 fully saturated rings. The quantitative estimate of drug-likeness (QED) is 0.241. The van der Waals surface area contributed by atoms with Crippen molar-refractivity contribution in [1.82, 2.24) is 10.1 Å². The van der Waals surface area contributed by atoms with Gasteiger partial charge in [0.2, 0.25) is 5.89 Å². The monoisotopic (exact) mass is 610 g/mol. The summed E-state index contributed by atoms with van der Waals surface area (Å²) >= 11 is 0. The summed E-state index contributed by atoms with van der Waals surface area (Å²) < 4.78 is 11.9. The van der Waals surface area contributed by atoms with E-state index in [0.717, 1.165) is 62.5 Å². The number of rotatable bonds is 12. The van der Waals surface area contributed by atoms with E-state index in [1.165, 1.54) is 24.8 Å². The molecule has 244 valence electrons. The van der Waals surface area contributed by atoms with E-state index in [1.807, 2.05) is 0 Å². The summed E-state index contributed by atoms with van der Waals surface area (Å²) in [5.74, 6) is 1.91. The van der Waals surface area contributed by atoms with Gasteiger partial charge in [-0.2, -0.15) is 4.98 Å². The second kappa shape index (κ2) is 13.6. The molecule has 0 aromatic carbocycles. The lowest BCUT2D eigenvalue weighted by Crippen LogP contribution is -2.37. The van der Waals surface area contributed by atoms with Gasteiger partial charge in [-0.3, -0.25) is 4.79 Å². The maximum Gasteiger partial charge on any atom is 0.311 e. The number of esters is 1. The average Bonchev–Trinajstić information content (AvgIpc) is 3.52. The molecule has 3 N–H and O–H groups in total. The minimum Gasteiger partial charge on any atom is -0.461 e. The third-order valence-corrected chi connectivity index (χ3v) is 11.6. The van der Waals surface area contributed by atoms with Gasteiger partial charge in [0.05, 0.1) is 30.1 Å². The number of aliphatic hydroxyl groups is 3. The van der Waals surface area contributed by atoms with Gasteiger partial charge in [-0.1, -0.05) is 50.2 Å². The number of allylic oxidation sites excluding steroid dienone is 3. The molecule has 44 heavy (non-hydrogen) atoms. The van der Waals surface area contributed by atoms with Crippen molar-refractivity contribution in [2.45, 2.75) is 135 Å². The number of carbonyl (C=O) groups excluding carboxylic acids is 1. The normalized spacial score (nSPS) is 33.7. The molecule has 8 nitrogen and oxygen atoms in total. The number of hydrogen-bond acceptors (Lipinski definition) is 8. The zero-order valence-electron chi connectivity index (χ0n) is 27.3. The van der Waals surface area contributed by atoms with E-state index >= 15 is 0 Å². The average molecular weight is 611 g/mol. The molecule has 0 bridgehead atoms. The number of aromatic nitrogens is 2. The van der Waals surface area contributed by atoms with Crippen LogP contribution in [0.3, 0.4) is 0 Å². The predicted molar refractivity (Wildman–Crippen MR) is 168 cm³/mol. The van der Waals surface area contributed by atoms with Gasteiger partial charge in [-0.05, 0) is 112 Å². The van der Waals surface area contributed by atoms with Crippen molar-refractivity contribution in [3.8, 4) is 0 Å². The van der Waals surface area contributed by atoms with Crippen molar-refractivity contribution in [3.05, 3.63) is 47.2 Å². The summed E-state index contributed by atoms with van der Waals surface area (Å²) in [7, 11) is 0. The van der Waals surface area contributed by atoms with Crippen LogP contribution in [0.15, 0.2) is 40.0 Å². The third-order valence-electron chi connectivity index (χ3n) is 11.6. The Morgan fingerprint density at radius 2 is 1.95 bits per heavy atom. The van der Waals surface area contributed by atoms with Crippen LogP contribution < -0.4 is 0 Å². The first-order chi connectivity index (χ1) is 21.0. The molecule has 1 heterocycles. The van der Waals surface area contributed by atoms with Gasteiger partial charge in [0.15, 0.2) is 5.82 Å². The highest BCUT2D eigenvalue weighted by Gasteiger charge is 2.58. The smallest absolute Gasteiger partial charge is 0.311 e.